The highest BCUT2D eigenvalue weighted by Crippen LogP contribution is 2.41. The minimum absolute atomic E-state index is 0.220. The fourth-order valence-corrected chi connectivity index (χ4v) is 3.55. The number of rotatable bonds is 7. The predicted molar refractivity (Wildman–Crippen MR) is 96.2 cm³/mol. The fourth-order valence-electron chi connectivity index (χ4n) is 3.12. The number of alkyl halides is 3. The molecule has 11 heteroatoms. The summed E-state index contributed by atoms with van der Waals surface area (Å²) in [6.07, 6.45) is -4.33. The van der Waals surface area contributed by atoms with Crippen molar-refractivity contribution in [1.82, 2.24) is 4.72 Å². The van der Waals surface area contributed by atoms with E-state index in [9.17, 15) is 31.5 Å². The quantitative estimate of drug-likeness (QED) is 0.653. The fraction of sp³-hybridized carbons (Fsp3) is 0.278. The average molecular weight is 431 g/mol. The lowest BCUT2D eigenvalue weighted by Crippen LogP contribution is -2.24. The van der Waals surface area contributed by atoms with E-state index in [1.54, 1.807) is 6.07 Å². The Morgan fingerprint density at radius 2 is 1.93 bits per heavy atom. The molecule has 0 fully saturated rings. The first kappa shape index (κ1) is 21.1. The number of ether oxygens (including phenoxy) is 2. The van der Waals surface area contributed by atoms with Crippen LogP contribution in [0.5, 0.6) is 11.5 Å². The van der Waals surface area contributed by atoms with E-state index >= 15 is 0 Å². The Hall–Kier alpha value is -2.63. The monoisotopic (exact) mass is 431 g/mol. The van der Waals surface area contributed by atoms with Crippen LogP contribution < -0.4 is 14.2 Å². The van der Waals surface area contributed by atoms with Crippen molar-refractivity contribution in [3.63, 3.8) is 0 Å². The van der Waals surface area contributed by atoms with Crippen molar-refractivity contribution in [2.75, 3.05) is 6.61 Å². The largest absolute Gasteiger partial charge is 0.573 e. The van der Waals surface area contributed by atoms with Crippen molar-refractivity contribution >= 4 is 15.6 Å². The van der Waals surface area contributed by atoms with Crippen molar-refractivity contribution in [2.24, 2.45) is 0 Å². The molecule has 7 nitrogen and oxygen atoms in total. The highest BCUT2D eigenvalue weighted by molar-refractivity contribution is 8.02. The molecule has 0 saturated heterocycles. The molecular weight excluding hydrogens is 415 g/mol. The number of carbonyl (C=O) groups excluding carboxylic acids is 1. The van der Waals surface area contributed by atoms with Crippen LogP contribution in [0.25, 0.3) is 11.1 Å². The number of aliphatic hydroxyl groups excluding tert-OH is 1. The van der Waals surface area contributed by atoms with Crippen LogP contribution in [-0.2, 0) is 34.4 Å². The molecule has 0 aromatic heterocycles. The first-order valence-electron chi connectivity index (χ1n) is 8.36. The lowest BCUT2D eigenvalue weighted by Gasteiger charge is -2.17. The molecule has 0 saturated carbocycles. The summed E-state index contributed by atoms with van der Waals surface area (Å²) < 4.78 is 71.5. The number of carbonyl (C=O) groups is 1. The molecule has 0 unspecified atom stereocenters. The van der Waals surface area contributed by atoms with Crippen LogP contribution in [0.2, 0.25) is 0 Å². The summed E-state index contributed by atoms with van der Waals surface area (Å²) in [5.74, 6) is 0.0882. The molecule has 156 valence electrons. The van der Waals surface area contributed by atoms with Gasteiger partial charge in [-0.3, -0.25) is 4.79 Å². The minimum atomic E-state index is -4.81. The number of hydrogen-bond donors (Lipinski definition) is 2. The van der Waals surface area contributed by atoms with Gasteiger partial charge < -0.3 is 14.6 Å². The van der Waals surface area contributed by atoms with E-state index in [1.807, 2.05) is 0 Å². The van der Waals surface area contributed by atoms with E-state index in [4.69, 9.17) is 4.74 Å². The third kappa shape index (κ3) is 4.86. The van der Waals surface area contributed by atoms with Gasteiger partial charge in [-0.2, -0.15) is 0 Å². The van der Waals surface area contributed by atoms with Crippen molar-refractivity contribution in [2.45, 2.75) is 25.9 Å². The summed E-state index contributed by atoms with van der Waals surface area (Å²) in [5.41, 5.74) is 2.40. The van der Waals surface area contributed by atoms with Gasteiger partial charge in [0, 0.05) is 24.1 Å². The minimum Gasteiger partial charge on any atom is -0.492 e. The zero-order valence-electron chi connectivity index (χ0n) is 14.8. The first-order chi connectivity index (χ1) is 13.6. The van der Waals surface area contributed by atoms with Crippen molar-refractivity contribution in [1.29, 1.82) is 0 Å². The van der Waals surface area contributed by atoms with Gasteiger partial charge in [-0.15, -0.1) is 13.2 Å². The highest BCUT2D eigenvalue weighted by Gasteiger charge is 2.31. The van der Waals surface area contributed by atoms with Gasteiger partial charge in [-0.25, -0.2) is 13.1 Å². The van der Waals surface area contributed by atoms with Gasteiger partial charge >= 0.3 is 6.36 Å². The molecule has 2 aromatic rings. The molecule has 0 bridgehead atoms. The molecule has 0 radical (unpaired) electrons. The Labute approximate surface area is 164 Å². The van der Waals surface area contributed by atoms with E-state index in [-0.39, 0.29) is 24.5 Å². The Balaban J connectivity index is 2.01. The van der Waals surface area contributed by atoms with E-state index in [0.717, 1.165) is 12.1 Å². The number of benzene rings is 2. The summed E-state index contributed by atoms with van der Waals surface area (Å²) >= 11 is 0. The standard InChI is InChI=1S/C18H16F3NO6S/c19-18(20,21)28-13-3-1-11(2-4-13)15-7-12(8-22-29(25,26)10-24)16(9-23)14-5-6-27-17(14)15/h1-4,7,10,22-23H,5-6,8-9H2. The second-order valence-electron chi connectivity index (χ2n) is 6.16. The number of hydrogen-bond acceptors (Lipinski definition) is 6. The summed E-state index contributed by atoms with van der Waals surface area (Å²) in [6.45, 7) is -0.275. The Morgan fingerprint density at radius 3 is 2.52 bits per heavy atom. The summed E-state index contributed by atoms with van der Waals surface area (Å²) in [7, 11) is -4.12. The maximum Gasteiger partial charge on any atom is 0.573 e. The zero-order chi connectivity index (χ0) is 21.2. The molecule has 1 heterocycles. The van der Waals surface area contributed by atoms with Gasteiger partial charge in [0.25, 0.3) is 10.0 Å². The topological polar surface area (TPSA) is 102 Å². The summed E-state index contributed by atoms with van der Waals surface area (Å²) in [5, 5.41) is 9.75. The SMILES string of the molecule is O=CS(=O)(=O)NCc1cc(-c2ccc(OC(F)(F)F)cc2)c2c(c1CO)CCO2. The molecule has 3 rings (SSSR count). The van der Waals surface area contributed by atoms with E-state index in [1.165, 1.54) is 12.1 Å². The van der Waals surface area contributed by atoms with Crippen LogP contribution in [0.15, 0.2) is 30.3 Å². The van der Waals surface area contributed by atoms with E-state index in [0.29, 0.717) is 46.6 Å². The number of fused-ring (bicyclic) bond motifs is 1. The Morgan fingerprint density at radius 1 is 1.24 bits per heavy atom. The van der Waals surface area contributed by atoms with Crippen molar-refractivity contribution in [3.8, 4) is 22.6 Å². The van der Waals surface area contributed by atoms with Crippen LogP contribution in [0.3, 0.4) is 0 Å². The molecule has 2 aromatic carbocycles. The number of aliphatic hydroxyl groups is 1. The molecule has 0 spiro atoms. The van der Waals surface area contributed by atoms with Crippen LogP contribution in [0.4, 0.5) is 13.2 Å². The van der Waals surface area contributed by atoms with Gasteiger partial charge in [0.15, 0.2) is 0 Å². The number of nitrogens with one attached hydrogen (secondary N) is 1. The smallest absolute Gasteiger partial charge is 0.492 e. The first-order valence-corrected chi connectivity index (χ1v) is 9.90. The van der Waals surface area contributed by atoms with Crippen LogP contribution in [0.1, 0.15) is 16.7 Å². The zero-order valence-corrected chi connectivity index (χ0v) is 15.6. The summed E-state index contributed by atoms with van der Waals surface area (Å²) in [4.78, 5) is 10.6. The van der Waals surface area contributed by atoms with Gasteiger partial charge in [0.1, 0.15) is 11.5 Å². The molecular formula is C18H16F3NO6S. The van der Waals surface area contributed by atoms with Crippen molar-refractivity contribution < 1.29 is 41.0 Å². The molecule has 1 aliphatic rings. The van der Waals surface area contributed by atoms with Gasteiger partial charge in [-0.05, 0) is 34.9 Å². The van der Waals surface area contributed by atoms with Gasteiger partial charge in [0.05, 0.1) is 13.2 Å². The van der Waals surface area contributed by atoms with E-state index < -0.39 is 16.4 Å². The number of sulfonamides is 1. The second kappa shape index (κ2) is 8.01. The second-order valence-corrected chi connectivity index (χ2v) is 7.73. The molecule has 0 amide bonds. The highest BCUT2D eigenvalue weighted by atomic mass is 32.2. The van der Waals surface area contributed by atoms with Crippen molar-refractivity contribution in [3.05, 3.63) is 47.0 Å². The Bertz CT molecular complexity index is 1020. The summed E-state index contributed by atoms with van der Waals surface area (Å²) in [6, 6.07) is 6.70. The Kier molecular flexibility index (Phi) is 5.82. The molecule has 1 aliphatic heterocycles. The number of halogens is 3. The van der Waals surface area contributed by atoms with Crippen LogP contribution in [0, 0.1) is 0 Å². The molecule has 29 heavy (non-hydrogen) atoms. The molecule has 2 N–H and O–H groups in total. The normalized spacial score (nSPS) is 13.7. The van der Waals surface area contributed by atoms with Crippen LogP contribution >= 0.6 is 0 Å². The maximum absolute atomic E-state index is 12.3. The molecule has 0 atom stereocenters. The lowest BCUT2D eigenvalue weighted by molar-refractivity contribution is -0.274. The maximum atomic E-state index is 12.3. The molecule has 0 aliphatic carbocycles. The predicted octanol–water partition coefficient (Wildman–Crippen LogP) is 2.29. The van der Waals surface area contributed by atoms with Crippen LogP contribution in [-0.4, -0.2) is 32.1 Å². The third-order valence-corrected chi connectivity index (χ3v) is 5.14. The average Bonchev–Trinajstić information content (AvgIpc) is 3.14. The lowest BCUT2D eigenvalue weighted by atomic mass is 9.92. The van der Waals surface area contributed by atoms with E-state index in [2.05, 4.69) is 9.46 Å². The van der Waals surface area contributed by atoms with Gasteiger partial charge in [0.2, 0.25) is 5.62 Å². The third-order valence-electron chi connectivity index (χ3n) is 4.34. The van der Waals surface area contributed by atoms with Gasteiger partial charge in [-0.1, -0.05) is 12.1 Å².